The molecule has 0 amide bonds. The first-order valence-corrected chi connectivity index (χ1v) is 7.78. The van der Waals surface area contributed by atoms with E-state index in [9.17, 15) is 0 Å². The highest BCUT2D eigenvalue weighted by Crippen LogP contribution is 2.31. The SMILES string of the molecule is COc1ccc(C=C(CN)C2CCCCC2)cc1Br. The molecule has 0 heterocycles. The van der Waals surface area contributed by atoms with Gasteiger partial charge in [-0.2, -0.15) is 0 Å². The van der Waals surface area contributed by atoms with Gasteiger partial charge in [0.25, 0.3) is 0 Å². The average molecular weight is 324 g/mol. The standard InChI is InChI=1S/C16H22BrNO/c1-19-16-8-7-12(10-15(16)17)9-14(11-18)13-5-3-2-4-6-13/h7-10,13H,2-6,11,18H2,1H3. The third-order valence-electron chi connectivity index (χ3n) is 3.89. The number of hydrogen-bond acceptors (Lipinski definition) is 2. The Bertz CT molecular complexity index is 450. The summed E-state index contributed by atoms with van der Waals surface area (Å²) in [5, 5.41) is 0. The summed E-state index contributed by atoms with van der Waals surface area (Å²) in [6.07, 6.45) is 8.89. The molecule has 1 aliphatic carbocycles. The lowest BCUT2D eigenvalue weighted by Crippen LogP contribution is -2.16. The van der Waals surface area contributed by atoms with Gasteiger partial charge in [-0.05, 0) is 52.4 Å². The van der Waals surface area contributed by atoms with Gasteiger partial charge in [0.2, 0.25) is 0 Å². The number of nitrogens with two attached hydrogens (primary N) is 1. The molecule has 0 spiro atoms. The lowest BCUT2D eigenvalue weighted by molar-refractivity contribution is 0.401. The highest BCUT2D eigenvalue weighted by molar-refractivity contribution is 9.10. The van der Waals surface area contributed by atoms with Gasteiger partial charge in [-0.25, -0.2) is 0 Å². The first kappa shape index (κ1) is 14.6. The molecule has 104 valence electrons. The molecule has 0 unspecified atom stereocenters. The van der Waals surface area contributed by atoms with Crippen LogP contribution in [0, 0.1) is 5.92 Å². The van der Waals surface area contributed by atoms with Gasteiger partial charge in [-0.1, -0.05) is 37.0 Å². The molecule has 1 aliphatic rings. The van der Waals surface area contributed by atoms with Crippen LogP contribution >= 0.6 is 15.9 Å². The predicted octanol–water partition coefficient (Wildman–Crippen LogP) is 4.38. The number of ether oxygens (including phenoxy) is 1. The van der Waals surface area contributed by atoms with E-state index in [1.54, 1.807) is 7.11 Å². The van der Waals surface area contributed by atoms with E-state index in [0.717, 1.165) is 10.2 Å². The van der Waals surface area contributed by atoms with Crippen LogP contribution in [0.3, 0.4) is 0 Å². The van der Waals surface area contributed by atoms with Crippen molar-refractivity contribution in [2.45, 2.75) is 32.1 Å². The van der Waals surface area contributed by atoms with Gasteiger partial charge in [0.1, 0.15) is 5.75 Å². The summed E-state index contributed by atoms with van der Waals surface area (Å²) in [6, 6.07) is 6.17. The fourth-order valence-electron chi connectivity index (χ4n) is 2.80. The fourth-order valence-corrected chi connectivity index (χ4v) is 3.36. The number of rotatable bonds is 4. The second kappa shape index (κ2) is 7.11. The van der Waals surface area contributed by atoms with E-state index in [1.165, 1.54) is 43.2 Å². The van der Waals surface area contributed by atoms with Crippen LogP contribution < -0.4 is 10.5 Å². The molecule has 0 saturated heterocycles. The Morgan fingerprint density at radius 3 is 2.68 bits per heavy atom. The Balaban J connectivity index is 2.19. The number of hydrogen-bond donors (Lipinski definition) is 1. The first-order valence-electron chi connectivity index (χ1n) is 6.98. The van der Waals surface area contributed by atoms with Crippen molar-refractivity contribution in [2.24, 2.45) is 11.7 Å². The molecule has 1 saturated carbocycles. The molecular formula is C16H22BrNO. The minimum atomic E-state index is 0.661. The second-order valence-electron chi connectivity index (χ2n) is 5.15. The van der Waals surface area contributed by atoms with Crippen LogP contribution in [0.2, 0.25) is 0 Å². The summed E-state index contributed by atoms with van der Waals surface area (Å²) in [6.45, 7) is 0.661. The van der Waals surface area contributed by atoms with Crippen molar-refractivity contribution >= 4 is 22.0 Å². The molecule has 2 nitrogen and oxygen atoms in total. The number of benzene rings is 1. The summed E-state index contributed by atoms with van der Waals surface area (Å²) in [7, 11) is 1.68. The topological polar surface area (TPSA) is 35.2 Å². The average Bonchev–Trinajstić information content (AvgIpc) is 2.46. The van der Waals surface area contributed by atoms with Gasteiger partial charge >= 0.3 is 0 Å². The fraction of sp³-hybridized carbons (Fsp3) is 0.500. The van der Waals surface area contributed by atoms with E-state index in [4.69, 9.17) is 10.5 Å². The highest BCUT2D eigenvalue weighted by atomic mass is 79.9. The Morgan fingerprint density at radius 2 is 2.11 bits per heavy atom. The summed E-state index contributed by atoms with van der Waals surface area (Å²) >= 11 is 3.53. The van der Waals surface area contributed by atoms with Gasteiger partial charge in [0.15, 0.2) is 0 Å². The Labute approximate surface area is 124 Å². The minimum absolute atomic E-state index is 0.661. The molecule has 2 N–H and O–H groups in total. The third kappa shape index (κ3) is 3.83. The lowest BCUT2D eigenvalue weighted by atomic mass is 9.83. The van der Waals surface area contributed by atoms with E-state index in [2.05, 4.69) is 34.1 Å². The Kier molecular flexibility index (Phi) is 5.46. The first-order chi connectivity index (χ1) is 9.24. The van der Waals surface area contributed by atoms with Crippen molar-refractivity contribution < 1.29 is 4.74 Å². The van der Waals surface area contributed by atoms with Crippen LogP contribution in [0.4, 0.5) is 0 Å². The van der Waals surface area contributed by atoms with Crippen LogP contribution in [-0.2, 0) is 0 Å². The summed E-state index contributed by atoms with van der Waals surface area (Å²) in [5.74, 6) is 1.55. The summed E-state index contributed by atoms with van der Waals surface area (Å²) in [5.41, 5.74) is 8.52. The number of methoxy groups -OCH3 is 1. The van der Waals surface area contributed by atoms with Crippen molar-refractivity contribution in [1.82, 2.24) is 0 Å². The van der Waals surface area contributed by atoms with E-state index in [0.29, 0.717) is 12.5 Å². The van der Waals surface area contributed by atoms with E-state index in [1.807, 2.05) is 6.07 Å². The Morgan fingerprint density at radius 1 is 1.37 bits per heavy atom. The second-order valence-corrected chi connectivity index (χ2v) is 6.01. The third-order valence-corrected chi connectivity index (χ3v) is 4.51. The minimum Gasteiger partial charge on any atom is -0.496 e. The predicted molar refractivity (Wildman–Crippen MR) is 84.3 cm³/mol. The van der Waals surface area contributed by atoms with E-state index >= 15 is 0 Å². The Hall–Kier alpha value is -0.800. The van der Waals surface area contributed by atoms with E-state index in [-0.39, 0.29) is 0 Å². The van der Waals surface area contributed by atoms with Gasteiger partial charge in [0, 0.05) is 6.54 Å². The molecule has 19 heavy (non-hydrogen) atoms. The quantitative estimate of drug-likeness (QED) is 0.892. The molecule has 1 aromatic rings. The molecular weight excluding hydrogens is 302 g/mol. The molecule has 1 aromatic carbocycles. The normalized spacial score (nSPS) is 17.5. The smallest absolute Gasteiger partial charge is 0.133 e. The lowest BCUT2D eigenvalue weighted by Gasteiger charge is -2.24. The summed E-state index contributed by atoms with van der Waals surface area (Å²) in [4.78, 5) is 0. The van der Waals surface area contributed by atoms with Crippen LogP contribution in [0.5, 0.6) is 5.75 Å². The van der Waals surface area contributed by atoms with Crippen LogP contribution in [-0.4, -0.2) is 13.7 Å². The van der Waals surface area contributed by atoms with Crippen LogP contribution in [0.25, 0.3) is 6.08 Å². The van der Waals surface area contributed by atoms with Crippen molar-refractivity contribution in [3.05, 3.63) is 33.8 Å². The molecule has 0 aromatic heterocycles. The zero-order valence-electron chi connectivity index (χ0n) is 11.5. The molecule has 0 bridgehead atoms. The van der Waals surface area contributed by atoms with E-state index < -0.39 is 0 Å². The zero-order valence-corrected chi connectivity index (χ0v) is 13.1. The zero-order chi connectivity index (χ0) is 13.7. The van der Waals surface area contributed by atoms with Crippen molar-refractivity contribution in [3.63, 3.8) is 0 Å². The molecule has 2 rings (SSSR count). The van der Waals surface area contributed by atoms with Crippen LogP contribution in [0.1, 0.15) is 37.7 Å². The van der Waals surface area contributed by atoms with Gasteiger partial charge in [0.05, 0.1) is 11.6 Å². The molecule has 0 radical (unpaired) electrons. The monoisotopic (exact) mass is 323 g/mol. The molecule has 1 fully saturated rings. The highest BCUT2D eigenvalue weighted by Gasteiger charge is 2.16. The molecule has 3 heteroatoms. The van der Waals surface area contributed by atoms with Gasteiger partial charge in [-0.15, -0.1) is 0 Å². The number of halogens is 1. The summed E-state index contributed by atoms with van der Waals surface area (Å²) < 4.78 is 6.24. The largest absolute Gasteiger partial charge is 0.496 e. The maximum Gasteiger partial charge on any atom is 0.133 e. The maximum atomic E-state index is 5.94. The van der Waals surface area contributed by atoms with Gasteiger partial charge in [-0.3, -0.25) is 0 Å². The van der Waals surface area contributed by atoms with Gasteiger partial charge < -0.3 is 10.5 Å². The van der Waals surface area contributed by atoms with Crippen molar-refractivity contribution in [2.75, 3.05) is 13.7 Å². The molecule has 0 aliphatic heterocycles. The molecule has 0 atom stereocenters. The maximum absolute atomic E-state index is 5.94. The van der Waals surface area contributed by atoms with Crippen LogP contribution in [0.15, 0.2) is 28.2 Å². The van der Waals surface area contributed by atoms with Crippen molar-refractivity contribution in [3.8, 4) is 5.75 Å². The van der Waals surface area contributed by atoms with Crippen molar-refractivity contribution in [1.29, 1.82) is 0 Å².